The van der Waals surface area contributed by atoms with E-state index in [0.29, 0.717) is 5.56 Å². The summed E-state index contributed by atoms with van der Waals surface area (Å²) in [6.45, 7) is 0. The van der Waals surface area contributed by atoms with Crippen LogP contribution >= 0.6 is 11.8 Å². The average molecular weight is 296 g/mol. The van der Waals surface area contributed by atoms with E-state index in [1.54, 1.807) is 12.1 Å². The lowest BCUT2D eigenvalue weighted by molar-refractivity contribution is -0.116. The third kappa shape index (κ3) is 4.42. The molecule has 0 aliphatic heterocycles. The maximum absolute atomic E-state index is 13.0. The molecule has 0 aliphatic rings. The highest BCUT2D eigenvalue weighted by Crippen LogP contribution is 2.19. The normalized spacial score (nSPS) is 10.6. The molecule has 0 saturated heterocycles. The lowest BCUT2D eigenvalue weighted by Crippen LogP contribution is -2.06. The molecule has 104 valence electrons. The Hall–Kier alpha value is -1.75. The first-order valence-corrected chi connectivity index (χ1v) is 6.86. The van der Waals surface area contributed by atoms with E-state index in [2.05, 4.69) is 0 Å². The lowest BCUT2D eigenvalue weighted by atomic mass is 10.1. The fraction of sp³-hybridized carbons (Fsp3) is 0.133. The molecule has 2 aromatic rings. The standard InChI is InChI=1S/C15H11F3OS/c16-11-1-3-15(4-2-11)20-9-14(19)7-10-5-12(17)8-13(18)6-10/h1-6,8H,7,9H2. The van der Waals surface area contributed by atoms with Crippen LogP contribution in [0.1, 0.15) is 5.56 Å². The number of Topliss-reactive ketones (excluding diaryl/α,β-unsaturated/α-hetero) is 1. The van der Waals surface area contributed by atoms with Gasteiger partial charge < -0.3 is 0 Å². The van der Waals surface area contributed by atoms with Crippen molar-refractivity contribution in [3.05, 3.63) is 65.5 Å². The molecule has 0 aliphatic carbocycles. The fourth-order valence-electron chi connectivity index (χ4n) is 1.69. The van der Waals surface area contributed by atoms with Crippen molar-refractivity contribution in [2.24, 2.45) is 0 Å². The summed E-state index contributed by atoms with van der Waals surface area (Å²) in [5.41, 5.74) is 0.312. The van der Waals surface area contributed by atoms with E-state index in [1.807, 2.05) is 0 Å². The minimum atomic E-state index is -0.695. The Bertz CT molecular complexity index is 591. The minimum absolute atomic E-state index is 0.0249. The van der Waals surface area contributed by atoms with Crippen LogP contribution in [0.2, 0.25) is 0 Å². The van der Waals surface area contributed by atoms with Gasteiger partial charge in [0.25, 0.3) is 0 Å². The highest BCUT2D eigenvalue weighted by molar-refractivity contribution is 8.00. The Balaban J connectivity index is 1.90. The molecule has 0 bridgehead atoms. The van der Waals surface area contributed by atoms with Crippen molar-refractivity contribution < 1.29 is 18.0 Å². The summed E-state index contributed by atoms with van der Waals surface area (Å²) in [4.78, 5) is 12.5. The molecule has 0 atom stereocenters. The molecule has 5 heteroatoms. The summed E-state index contributed by atoms with van der Waals surface area (Å²) >= 11 is 1.26. The second-order valence-electron chi connectivity index (χ2n) is 4.24. The van der Waals surface area contributed by atoms with Gasteiger partial charge in [-0.05, 0) is 42.0 Å². The molecule has 0 saturated carbocycles. The van der Waals surface area contributed by atoms with Crippen LogP contribution in [-0.4, -0.2) is 11.5 Å². The molecule has 1 nitrogen and oxygen atoms in total. The van der Waals surface area contributed by atoms with E-state index in [4.69, 9.17) is 0 Å². The molecule has 0 N–H and O–H groups in total. The number of carbonyl (C=O) groups excluding carboxylic acids is 1. The van der Waals surface area contributed by atoms with E-state index in [1.165, 1.54) is 23.9 Å². The summed E-state index contributed by atoms with van der Waals surface area (Å²) in [6.07, 6.45) is -0.0249. The third-order valence-electron chi connectivity index (χ3n) is 2.54. The van der Waals surface area contributed by atoms with Crippen molar-refractivity contribution in [1.29, 1.82) is 0 Å². The first-order valence-electron chi connectivity index (χ1n) is 5.88. The molecule has 0 aromatic heterocycles. The van der Waals surface area contributed by atoms with E-state index in [0.717, 1.165) is 23.1 Å². The quantitative estimate of drug-likeness (QED) is 0.776. The summed E-state index contributed by atoms with van der Waals surface area (Å²) in [7, 11) is 0. The van der Waals surface area contributed by atoms with Gasteiger partial charge in [-0.2, -0.15) is 0 Å². The Morgan fingerprint density at radius 1 is 0.900 bits per heavy atom. The molecular weight excluding hydrogens is 285 g/mol. The minimum Gasteiger partial charge on any atom is -0.298 e. The second-order valence-corrected chi connectivity index (χ2v) is 5.28. The highest BCUT2D eigenvalue weighted by atomic mass is 32.2. The number of hydrogen-bond acceptors (Lipinski definition) is 2. The van der Waals surface area contributed by atoms with Crippen LogP contribution in [0.4, 0.5) is 13.2 Å². The Morgan fingerprint density at radius 3 is 2.10 bits per heavy atom. The lowest BCUT2D eigenvalue weighted by Gasteiger charge is -2.03. The largest absolute Gasteiger partial charge is 0.298 e. The summed E-state index contributed by atoms with van der Waals surface area (Å²) in [5.74, 6) is -1.71. The van der Waals surface area contributed by atoms with Crippen LogP contribution in [0.3, 0.4) is 0 Å². The highest BCUT2D eigenvalue weighted by Gasteiger charge is 2.07. The number of halogens is 3. The van der Waals surface area contributed by atoms with Crippen LogP contribution in [0.25, 0.3) is 0 Å². The molecule has 0 amide bonds. The van der Waals surface area contributed by atoms with Crippen molar-refractivity contribution in [1.82, 2.24) is 0 Å². The number of carbonyl (C=O) groups is 1. The average Bonchev–Trinajstić information content (AvgIpc) is 2.37. The van der Waals surface area contributed by atoms with Crippen molar-refractivity contribution in [3.8, 4) is 0 Å². The van der Waals surface area contributed by atoms with Gasteiger partial charge >= 0.3 is 0 Å². The van der Waals surface area contributed by atoms with Gasteiger partial charge in [-0.25, -0.2) is 13.2 Å². The molecule has 2 aromatic carbocycles. The van der Waals surface area contributed by atoms with E-state index >= 15 is 0 Å². The summed E-state index contributed by atoms with van der Waals surface area (Å²) in [5, 5.41) is 0. The fourth-order valence-corrected chi connectivity index (χ4v) is 2.44. The maximum atomic E-state index is 13.0. The van der Waals surface area contributed by atoms with Gasteiger partial charge in [0.2, 0.25) is 0 Å². The second kappa shape index (κ2) is 6.61. The van der Waals surface area contributed by atoms with Gasteiger partial charge in [0.05, 0.1) is 5.75 Å². The monoisotopic (exact) mass is 296 g/mol. The third-order valence-corrected chi connectivity index (χ3v) is 3.61. The smallest absolute Gasteiger partial charge is 0.147 e. The number of benzene rings is 2. The van der Waals surface area contributed by atoms with Crippen LogP contribution in [0.5, 0.6) is 0 Å². The molecule has 0 spiro atoms. The topological polar surface area (TPSA) is 17.1 Å². The molecule has 20 heavy (non-hydrogen) atoms. The Labute approximate surface area is 118 Å². The van der Waals surface area contributed by atoms with Crippen LogP contribution in [0, 0.1) is 17.5 Å². The van der Waals surface area contributed by atoms with E-state index < -0.39 is 11.6 Å². The van der Waals surface area contributed by atoms with Crippen molar-refractivity contribution in [2.75, 3.05) is 5.75 Å². The SMILES string of the molecule is O=C(CSc1ccc(F)cc1)Cc1cc(F)cc(F)c1. The Morgan fingerprint density at radius 2 is 1.50 bits per heavy atom. The number of ketones is 1. The van der Waals surface area contributed by atoms with Crippen molar-refractivity contribution in [3.63, 3.8) is 0 Å². The maximum Gasteiger partial charge on any atom is 0.147 e. The zero-order valence-electron chi connectivity index (χ0n) is 10.4. The zero-order valence-corrected chi connectivity index (χ0v) is 11.2. The van der Waals surface area contributed by atoms with Crippen molar-refractivity contribution in [2.45, 2.75) is 11.3 Å². The molecule has 0 radical (unpaired) electrons. The first kappa shape index (κ1) is 14.7. The van der Waals surface area contributed by atoms with Gasteiger partial charge in [0, 0.05) is 17.4 Å². The molecule has 0 fully saturated rings. The zero-order chi connectivity index (χ0) is 14.5. The van der Waals surface area contributed by atoms with Crippen molar-refractivity contribution >= 4 is 17.5 Å². The van der Waals surface area contributed by atoms with Crippen LogP contribution in [-0.2, 0) is 11.2 Å². The first-order chi connectivity index (χ1) is 9.52. The van der Waals surface area contributed by atoms with Gasteiger partial charge in [0.15, 0.2) is 0 Å². The molecule has 0 heterocycles. The molecular formula is C15H11F3OS. The number of thioether (sulfide) groups is 1. The van der Waals surface area contributed by atoms with Gasteiger partial charge in [-0.3, -0.25) is 4.79 Å². The Kier molecular flexibility index (Phi) is 4.84. The van der Waals surface area contributed by atoms with Gasteiger partial charge in [-0.15, -0.1) is 11.8 Å². The molecule has 2 rings (SSSR count). The predicted octanol–water partition coefficient (Wildman–Crippen LogP) is 4.01. The number of rotatable bonds is 5. The van der Waals surface area contributed by atoms with Gasteiger partial charge in [0.1, 0.15) is 23.2 Å². The summed E-state index contributed by atoms with van der Waals surface area (Å²) < 4.78 is 38.7. The molecule has 0 unspecified atom stereocenters. The van der Waals surface area contributed by atoms with Gasteiger partial charge in [-0.1, -0.05) is 0 Å². The number of hydrogen-bond donors (Lipinski definition) is 0. The summed E-state index contributed by atoms with van der Waals surface area (Å²) in [6, 6.07) is 8.84. The van der Waals surface area contributed by atoms with E-state index in [9.17, 15) is 18.0 Å². The van der Waals surface area contributed by atoms with E-state index in [-0.39, 0.29) is 23.8 Å². The van der Waals surface area contributed by atoms with Crippen LogP contribution in [0.15, 0.2) is 47.4 Å². The van der Waals surface area contributed by atoms with Crippen LogP contribution < -0.4 is 0 Å². The predicted molar refractivity (Wildman–Crippen MR) is 72.2 cm³/mol.